The third-order valence-corrected chi connectivity index (χ3v) is 4.64. The molecule has 3 heterocycles. The van der Waals surface area contributed by atoms with E-state index in [-0.39, 0.29) is 23.4 Å². The molecule has 1 N–H and O–H groups in total. The molecule has 3 aromatic rings. The number of halogens is 3. The Morgan fingerprint density at radius 1 is 1.10 bits per heavy atom. The predicted octanol–water partition coefficient (Wildman–Crippen LogP) is 1.94. The van der Waals surface area contributed by atoms with Gasteiger partial charge in [-0.05, 0) is 13.3 Å². The zero-order chi connectivity index (χ0) is 23.6. The van der Waals surface area contributed by atoms with Gasteiger partial charge in [-0.3, -0.25) is 23.9 Å². The first-order valence-electron chi connectivity index (χ1n) is 9.74. The first-order chi connectivity index (χ1) is 14.5. The number of imidazole rings is 1. The first kappa shape index (κ1) is 24.3. The largest absolute Gasteiger partial charge is 0.422 e. The number of hydrogen-bond donors (Lipinski definition) is 1. The van der Waals surface area contributed by atoms with Crippen molar-refractivity contribution in [2.75, 3.05) is 0 Å². The Morgan fingerprint density at radius 3 is 2.26 bits per heavy atom. The third-order valence-electron chi connectivity index (χ3n) is 4.64. The maximum absolute atomic E-state index is 12.9. The number of aliphatic hydroxyl groups is 1. The number of nitrogens with zero attached hydrogens (tertiary/aromatic N) is 6. The molecule has 0 saturated heterocycles. The van der Waals surface area contributed by atoms with Crippen molar-refractivity contribution < 1.29 is 18.3 Å². The number of rotatable bonds is 5. The van der Waals surface area contributed by atoms with Crippen LogP contribution in [0, 0.1) is 0 Å². The van der Waals surface area contributed by atoms with Crippen LogP contribution in [0.15, 0.2) is 28.3 Å². The Morgan fingerprint density at radius 2 is 1.74 bits per heavy atom. The van der Waals surface area contributed by atoms with Gasteiger partial charge in [0.05, 0.1) is 36.7 Å². The minimum Gasteiger partial charge on any atom is -0.375 e. The van der Waals surface area contributed by atoms with Crippen molar-refractivity contribution in [2.24, 2.45) is 7.05 Å². The van der Waals surface area contributed by atoms with Crippen LogP contribution in [-0.4, -0.2) is 39.9 Å². The van der Waals surface area contributed by atoms with Crippen LogP contribution in [0.3, 0.4) is 0 Å². The van der Waals surface area contributed by atoms with E-state index in [0.29, 0.717) is 13.5 Å². The molecule has 0 aliphatic heterocycles. The Balaban J connectivity index is 0.00000166. The molecular formula is C19H25F3N6O3. The monoisotopic (exact) mass is 442 g/mol. The fourth-order valence-electron chi connectivity index (χ4n) is 2.87. The van der Waals surface area contributed by atoms with Crippen LogP contribution in [0.25, 0.3) is 11.2 Å². The van der Waals surface area contributed by atoms with E-state index in [1.165, 1.54) is 17.9 Å². The molecule has 170 valence electrons. The average molecular weight is 442 g/mol. The molecule has 0 radical (unpaired) electrons. The molecule has 1 unspecified atom stereocenters. The lowest BCUT2D eigenvalue weighted by Crippen LogP contribution is -2.41. The summed E-state index contributed by atoms with van der Waals surface area (Å²) in [5.41, 5.74) is -4.50. The number of hydrogen-bond acceptors (Lipinski definition) is 6. The first-order valence-corrected chi connectivity index (χ1v) is 9.74. The van der Waals surface area contributed by atoms with Crippen molar-refractivity contribution in [2.45, 2.75) is 59.0 Å². The van der Waals surface area contributed by atoms with Crippen LogP contribution in [0.4, 0.5) is 13.2 Å². The molecule has 0 aromatic carbocycles. The number of fused-ring (bicyclic) bond motifs is 1. The van der Waals surface area contributed by atoms with Crippen molar-refractivity contribution >= 4 is 11.2 Å². The average Bonchev–Trinajstić information content (AvgIpc) is 3.15. The third kappa shape index (κ3) is 4.38. The number of aryl methyl sites for hydroxylation is 2. The molecule has 0 amide bonds. The summed E-state index contributed by atoms with van der Waals surface area (Å²) in [6.07, 6.45) is -0.932. The van der Waals surface area contributed by atoms with Crippen LogP contribution in [0.5, 0.6) is 0 Å². The zero-order valence-corrected chi connectivity index (χ0v) is 17.9. The summed E-state index contributed by atoms with van der Waals surface area (Å²) in [5.74, 6) is 0. The van der Waals surface area contributed by atoms with Gasteiger partial charge in [0.15, 0.2) is 11.2 Å². The zero-order valence-electron chi connectivity index (χ0n) is 17.9. The molecule has 0 saturated carbocycles. The highest BCUT2D eigenvalue weighted by Crippen LogP contribution is 2.37. The molecular weight excluding hydrogens is 417 g/mol. The maximum atomic E-state index is 12.9. The van der Waals surface area contributed by atoms with Gasteiger partial charge in [-0.25, -0.2) is 9.78 Å². The van der Waals surface area contributed by atoms with Gasteiger partial charge in [0.25, 0.3) is 5.56 Å². The molecule has 3 rings (SSSR count). The summed E-state index contributed by atoms with van der Waals surface area (Å²) in [6.45, 7) is 6.74. The van der Waals surface area contributed by atoms with Crippen molar-refractivity contribution in [1.82, 2.24) is 28.7 Å². The Labute approximate surface area is 175 Å². The SMILES string of the molecule is CC.CCCn1cnc2c1c(=O)n(Cc1cnc(C(C)(O)C(F)(F)F)cn1)c(=O)n2C. The summed E-state index contributed by atoms with van der Waals surface area (Å²) in [5, 5.41) is 9.66. The molecule has 1 atom stereocenters. The van der Waals surface area contributed by atoms with Gasteiger partial charge in [0.1, 0.15) is 0 Å². The Hall–Kier alpha value is -3.02. The lowest BCUT2D eigenvalue weighted by Gasteiger charge is -2.25. The fraction of sp³-hybridized carbons (Fsp3) is 0.526. The smallest absolute Gasteiger partial charge is 0.375 e. The minimum atomic E-state index is -4.93. The van der Waals surface area contributed by atoms with Gasteiger partial charge in [0.2, 0.25) is 5.60 Å². The second-order valence-corrected chi connectivity index (χ2v) is 6.81. The van der Waals surface area contributed by atoms with E-state index in [9.17, 15) is 27.9 Å². The number of aromatic nitrogens is 6. The highest BCUT2D eigenvalue weighted by molar-refractivity contribution is 5.69. The van der Waals surface area contributed by atoms with E-state index in [4.69, 9.17) is 0 Å². The lowest BCUT2D eigenvalue weighted by molar-refractivity contribution is -0.260. The van der Waals surface area contributed by atoms with Crippen LogP contribution >= 0.6 is 0 Å². The van der Waals surface area contributed by atoms with Gasteiger partial charge in [-0.2, -0.15) is 13.2 Å². The van der Waals surface area contributed by atoms with E-state index in [2.05, 4.69) is 15.0 Å². The highest BCUT2D eigenvalue weighted by atomic mass is 19.4. The molecule has 0 aliphatic carbocycles. The van der Waals surface area contributed by atoms with E-state index >= 15 is 0 Å². The van der Waals surface area contributed by atoms with E-state index in [0.717, 1.165) is 23.4 Å². The molecule has 0 aliphatic rings. The van der Waals surface area contributed by atoms with E-state index in [1.54, 1.807) is 4.57 Å². The second-order valence-electron chi connectivity index (χ2n) is 6.81. The van der Waals surface area contributed by atoms with Crippen LogP contribution in [0.1, 0.15) is 45.5 Å². The van der Waals surface area contributed by atoms with Crippen molar-refractivity contribution in [3.63, 3.8) is 0 Å². The quantitative estimate of drug-likeness (QED) is 0.647. The van der Waals surface area contributed by atoms with Crippen molar-refractivity contribution in [3.8, 4) is 0 Å². The van der Waals surface area contributed by atoms with E-state index in [1.807, 2.05) is 20.8 Å². The molecule has 3 aromatic heterocycles. The molecule has 9 nitrogen and oxygen atoms in total. The topological polar surface area (TPSA) is 108 Å². The molecule has 31 heavy (non-hydrogen) atoms. The second kappa shape index (κ2) is 9.00. The maximum Gasteiger partial charge on any atom is 0.422 e. The van der Waals surface area contributed by atoms with Gasteiger partial charge >= 0.3 is 11.9 Å². The molecule has 0 fully saturated rings. The number of alkyl halides is 3. The summed E-state index contributed by atoms with van der Waals surface area (Å²) >= 11 is 0. The van der Waals surface area contributed by atoms with Gasteiger partial charge in [-0.15, -0.1) is 0 Å². The summed E-state index contributed by atoms with van der Waals surface area (Å²) in [4.78, 5) is 37.0. The van der Waals surface area contributed by atoms with Crippen LogP contribution in [-0.2, 0) is 25.7 Å². The highest BCUT2D eigenvalue weighted by Gasteiger charge is 2.52. The van der Waals surface area contributed by atoms with Crippen LogP contribution < -0.4 is 11.2 Å². The summed E-state index contributed by atoms with van der Waals surface area (Å²) in [6, 6.07) is 0. The minimum absolute atomic E-state index is 0.0897. The predicted molar refractivity (Wildman–Crippen MR) is 108 cm³/mol. The standard InChI is InChI=1S/C17H19F3N6O3.C2H6/c1-4-5-25-9-23-13-12(25)14(27)26(15(28)24(13)3)8-10-6-22-11(7-21-10)16(2,29)17(18,19)20;1-2/h6-7,9,29H,4-5,8H2,1-3H3;1-2H3. The van der Waals surface area contributed by atoms with Gasteiger partial charge < -0.3 is 9.67 Å². The fourth-order valence-corrected chi connectivity index (χ4v) is 2.87. The summed E-state index contributed by atoms with van der Waals surface area (Å²) < 4.78 is 42.5. The van der Waals surface area contributed by atoms with E-state index < -0.39 is 28.7 Å². The van der Waals surface area contributed by atoms with Crippen molar-refractivity contribution in [1.29, 1.82) is 0 Å². The molecule has 0 bridgehead atoms. The molecule has 12 heteroatoms. The van der Waals surface area contributed by atoms with Gasteiger partial charge in [0, 0.05) is 13.6 Å². The molecule has 0 spiro atoms. The normalized spacial score (nSPS) is 13.6. The van der Waals surface area contributed by atoms with Crippen LogP contribution in [0.2, 0.25) is 0 Å². The Bertz CT molecular complexity index is 1160. The van der Waals surface area contributed by atoms with Crippen molar-refractivity contribution in [3.05, 3.63) is 50.9 Å². The lowest BCUT2D eigenvalue weighted by atomic mass is 10.0. The van der Waals surface area contributed by atoms with Gasteiger partial charge in [-0.1, -0.05) is 20.8 Å². The summed E-state index contributed by atoms with van der Waals surface area (Å²) in [7, 11) is 1.47. The Kier molecular flexibility index (Phi) is 7.04.